The first kappa shape index (κ1) is 16.6. The van der Waals surface area contributed by atoms with E-state index in [2.05, 4.69) is 22.4 Å². The first-order valence-corrected chi connectivity index (χ1v) is 8.36. The lowest BCUT2D eigenvalue weighted by atomic mass is 10.2. The third-order valence-electron chi connectivity index (χ3n) is 4.31. The second-order valence-electron chi connectivity index (χ2n) is 6.09. The average Bonchev–Trinajstić information content (AvgIpc) is 3.03. The number of hydrogen-bond acceptors (Lipinski definition) is 5. The molecule has 1 heterocycles. The Labute approximate surface area is 154 Å². The molecule has 0 spiro atoms. The molecule has 0 amide bonds. The van der Waals surface area contributed by atoms with Crippen molar-refractivity contribution in [3.63, 3.8) is 0 Å². The van der Waals surface area contributed by atoms with Crippen LogP contribution in [0.1, 0.15) is 5.56 Å². The molecule has 0 bridgehead atoms. The van der Waals surface area contributed by atoms with E-state index in [9.17, 15) is 15.3 Å². The van der Waals surface area contributed by atoms with Gasteiger partial charge in [0, 0.05) is 29.9 Å². The molecule has 0 radical (unpaired) electrons. The fourth-order valence-corrected chi connectivity index (χ4v) is 2.89. The number of rotatable bonds is 5. The molecule has 0 fully saturated rings. The monoisotopic (exact) mass is 360 g/mol. The SMILES string of the molecule is O=[N+]([O-])c1ccc2nc(-c3ccc(NCc4ccccc4)cc3)n(O)c2c1. The van der Waals surface area contributed by atoms with Crippen LogP contribution in [0.3, 0.4) is 0 Å². The number of anilines is 1. The van der Waals surface area contributed by atoms with Gasteiger partial charge in [-0.2, -0.15) is 4.73 Å². The summed E-state index contributed by atoms with van der Waals surface area (Å²) in [5, 5.41) is 24.6. The zero-order valence-corrected chi connectivity index (χ0v) is 14.2. The minimum Gasteiger partial charge on any atom is -0.426 e. The summed E-state index contributed by atoms with van der Waals surface area (Å²) in [7, 11) is 0. The van der Waals surface area contributed by atoms with Gasteiger partial charge in [-0.05, 0) is 35.9 Å². The number of non-ortho nitro benzene ring substituents is 1. The van der Waals surface area contributed by atoms with Crippen LogP contribution in [0.15, 0.2) is 72.8 Å². The minimum absolute atomic E-state index is 0.0929. The molecular weight excluding hydrogens is 344 g/mol. The topological polar surface area (TPSA) is 93.2 Å². The second-order valence-corrected chi connectivity index (χ2v) is 6.09. The van der Waals surface area contributed by atoms with E-state index < -0.39 is 4.92 Å². The van der Waals surface area contributed by atoms with Crippen LogP contribution < -0.4 is 5.32 Å². The highest BCUT2D eigenvalue weighted by molar-refractivity contribution is 5.82. The van der Waals surface area contributed by atoms with Crippen LogP contribution in [0.4, 0.5) is 11.4 Å². The fourth-order valence-electron chi connectivity index (χ4n) is 2.89. The van der Waals surface area contributed by atoms with Crippen molar-refractivity contribution in [2.24, 2.45) is 0 Å². The van der Waals surface area contributed by atoms with E-state index in [1.54, 1.807) is 0 Å². The number of imidazole rings is 1. The van der Waals surface area contributed by atoms with Gasteiger partial charge in [0.05, 0.1) is 10.4 Å². The van der Waals surface area contributed by atoms with Crippen LogP contribution in [-0.4, -0.2) is 19.8 Å². The molecule has 134 valence electrons. The first-order chi connectivity index (χ1) is 13.1. The summed E-state index contributed by atoms with van der Waals surface area (Å²) in [6, 6.07) is 21.8. The third-order valence-corrected chi connectivity index (χ3v) is 4.31. The van der Waals surface area contributed by atoms with Gasteiger partial charge in [-0.3, -0.25) is 10.1 Å². The van der Waals surface area contributed by atoms with Gasteiger partial charge in [0.15, 0.2) is 5.82 Å². The molecule has 0 aliphatic rings. The molecule has 2 N–H and O–H groups in total. The van der Waals surface area contributed by atoms with Crippen LogP contribution in [-0.2, 0) is 6.54 Å². The summed E-state index contributed by atoms with van der Waals surface area (Å²) < 4.78 is 0.884. The van der Waals surface area contributed by atoms with Crippen LogP contribution in [0.5, 0.6) is 0 Å². The number of nitro benzene ring substituents is 1. The van der Waals surface area contributed by atoms with E-state index in [1.165, 1.54) is 23.8 Å². The lowest BCUT2D eigenvalue weighted by Crippen LogP contribution is -1.99. The number of nitrogens with one attached hydrogen (secondary N) is 1. The molecule has 0 saturated carbocycles. The molecule has 0 aliphatic carbocycles. The lowest BCUT2D eigenvalue weighted by molar-refractivity contribution is -0.384. The van der Waals surface area contributed by atoms with Crippen molar-refractivity contribution in [1.82, 2.24) is 9.71 Å². The van der Waals surface area contributed by atoms with Crippen molar-refractivity contribution in [2.75, 3.05) is 5.32 Å². The Morgan fingerprint density at radius 1 is 1.04 bits per heavy atom. The first-order valence-electron chi connectivity index (χ1n) is 8.36. The maximum Gasteiger partial charge on any atom is 0.271 e. The number of aromatic nitrogens is 2. The van der Waals surface area contributed by atoms with E-state index in [4.69, 9.17) is 0 Å². The van der Waals surface area contributed by atoms with E-state index in [1.807, 2.05) is 42.5 Å². The van der Waals surface area contributed by atoms with E-state index >= 15 is 0 Å². The third kappa shape index (κ3) is 3.30. The molecule has 0 unspecified atom stereocenters. The van der Waals surface area contributed by atoms with Gasteiger partial charge in [0.2, 0.25) is 0 Å². The smallest absolute Gasteiger partial charge is 0.271 e. The maximum atomic E-state index is 10.9. The highest BCUT2D eigenvalue weighted by Gasteiger charge is 2.15. The van der Waals surface area contributed by atoms with Crippen molar-refractivity contribution >= 4 is 22.4 Å². The Hall–Kier alpha value is -3.87. The van der Waals surface area contributed by atoms with Gasteiger partial charge in [0.25, 0.3) is 5.69 Å². The normalized spacial score (nSPS) is 10.8. The molecule has 7 heteroatoms. The zero-order valence-electron chi connectivity index (χ0n) is 14.2. The zero-order chi connectivity index (χ0) is 18.8. The standard InChI is InChI=1S/C20H16N4O3/c25-23-19-12-17(24(26)27)10-11-18(19)22-20(23)15-6-8-16(9-7-15)21-13-14-4-2-1-3-5-14/h1-12,21,25H,13H2. The van der Waals surface area contributed by atoms with Crippen LogP contribution in [0.2, 0.25) is 0 Å². The summed E-state index contributed by atoms with van der Waals surface area (Å²) in [4.78, 5) is 14.8. The number of benzene rings is 3. The van der Waals surface area contributed by atoms with Crippen LogP contribution >= 0.6 is 0 Å². The van der Waals surface area contributed by atoms with Crippen molar-refractivity contribution in [3.8, 4) is 11.4 Å². The Bertz CT molecular complexity index is 1110. The Morgan fingerprint density at radius 2 is 1.78 bits per heavy atom. The van der Waals surface area contributed by atoms with Gasteiger partial charge in [0.1, 0.15) is 5.52 Å². The number of hydrogen-bond donors (Lipinski definition) is 2. The largest absolute Gasteiger partial charge is 0.426 e. The molecular formula is C20H16N4O3. The number of nitro groups is 1. The van der Waals surface area contributed by atoms with E-state index in [-0.39, 0.29) is 5.69 Å². The molecule has 7 nitrogen and oxygen atoms in total. The van der Waals surface area contributed by atoms with Crippen LogP contribution in [0.25, 0.3) is 22.4 Å². The fraction of sp³-hybridized carbons (Fsp3) is 0.0500. The van der Waals surface area contributed by atoms with Gasteiger partial charge < -0.3 is 10.5 Å². The molecule has 3 aromatic carbocycles. The molecule has 0 saturated heterocycles. The van der Waals surface area contributed by atoms with E-state index in [0.717, 1.165) is 10.4 Å². The lowest BCUT2D eigenvalue weighted by Gasteiger charge is -2.07. The van der Waals surface area contributed by atoms with Crippen molar-refractivity contribution < 1.29 is 10.1 Å². The second kappa shape index (κ2) is 6.80. The van der Waals surface area contributed by atoms with Crippen molar-refractivity contribution in [3.05, 3.63) is 88.5 Å². The van der Waals surface area contributed by atoms with Gasteiger partial charge in [-0.15, -0.1) is 0 Å². The van der Waals surface area contributed by atoms with E-state index in [0.29, 0.717) is 29.0 Å². The molecule has 4 rings (SSSR count). The predicted octanol–water partition coefficient (Wildman–Crippen LogP) is 4.46. The average molecular weight is 360 g/mol. The quantitative estimate of drug-likeness (QED) is 0.311. The summed E-state index contributed by atoms with van der Waals surface area (Å²) >= 11 is 0. The highest BCUT2D eigenvalue weighted by Crippen LogP contribution is 2.27. The molecule has 0 aliphatic heterocycles. The summed E-state index contributed by atoms with van der Waals surface area (Å²) in [5.74, 6) is 0.333. The summed E-state index contributed by atoms with van der Waals surface area (Å²) in [5.41, 5.74) is 3.53. The van der Waals surface area contributed by atoms with Crippen molar-refractivity contribution in [1.29, 1.82) is 0 Å². The summed E-state index contributed by atoms with van der Waals surface area (Å²) in [6.07, 6.45) is 0. The number of nitrogens with zero attached hydrogens (tertiary/aromatic N) is 3. The highest BCUT2D eigenvalue weighted by atomic mass is 16.6. The minimum atomic E-state index is -0.501. The Morgan fingerprint density at radius 3 is 2.48 bits per heavy atom. The molecule has 1 aromatic heterocycles. The Kier molecular flexibility index (Phi) is 4.18. The Balaban J connectivity index is 1.58. The maximum absolute atomic E-state index is 10.9. The van der Waals surface area contributed by atoms with Gasteiger partial charge >= 0.3 is 0 Å². The van der Waals surface area contributed by atoms with Crippen molar-refractivity contribution in [2.45, 2.75) is 6.54 Å². The molecule has 4 aromatic rings. The molecule has 27 heavy (non-hydrogen) atoms. The number of fused-ring (bicyclic) bond motifs is 1. The predicted molar refractivity (Wildman–Crippen MR) is 103 cm³/mol. The van der Waals surface area contributed by atoms with Gasteiger partial charge in [-0.1, -0.05) is 30.3 Å². The van der Waals surface area contributed by atoms with Gasteiger partial charge in [-0.25, -0.2) is 4.98 Å². The summed E-state index contributed by atoms with van der Waals surface area (Å²) in [6.45, 7) is 0.711. The van der Waals surface area contributed by atoms with Crippen LogP contribution in [0, 0.1) is 10.1 Å². The molecule has 0 atom stereocenters.